The SMILES string of the molecule is Cc1ccccc1NC(=O)/C(C#N)=C/c1ccccc1. The Morgan fingerprint density at radius 3 is 2.40 bits per heavy atom. The zero-order valence-corrected chi connectivity index (χ0v) is 11.1. The van der Waals surface area contributed by atoms with Gasteiger partial charge in [-0.2, -0.15) is 5.26 Å². The van der Waals surface area contributed by atoms with Crippen LogP contribution in [0, 0.1) is 18.3 Å². The van der Waals surface area contributed by atoms with Crippen LogP contribution in [0.3, 0.4) is 0 Å². The zero-order chi connectivity index (χ0) is 14.4. The number of carbonyl (C=O) groups excluding carboxylic acids is 1. The second-order valence-corrected chi connectivity index (χ2v) is 4.35. The highest BCUT2D eigenvalue weighted by molar-refractivity contribution is 6.09. The van der Waals surface area contributed by atoms with Gasteiger partial charge < -0.3 is 5.32 Å². The number of aryl methyl sites for hydroxylation is 1. The monoisotopic (exact) mass is 262 g/mol. The van der Waals surface area contributed by atoms with E-state index in [2.05, 4.69) is 5.32 Å². The summed E-state index contributed by atoms with van der Waals surface area (Å²) in [6, 6.07) is 18.7. The van der Waals surface area contributed by atoms with Crippen molar-refractivity contribution in [1.29, 1.82) is 5.26 Å². The summed E-state index contributed by atoms with van der Waals surface area (Å²) in [5.74, 6) is -0.398. The minimum atomic E-state index is -0.398. The molecule has 0 aromatic heterocycles. The molecule has 1 amide bonds. The van der Waals surface area contributed by atoms with Gasteiger partial charge in [0.1, 0.15) is 11.6 Å². The van der Waals surface area contributed by atoms with Crippen LogP contribution >= 0.6 is 0 Å². The van der Waals surface area contributed by atoms with Crippen LogP contribution in [0.1, 0.15) is 11.1 Å². The summed E-state index contributed by atoms with van der Waals surface area (Å²) >= 11 is 0. The number of carbonyl (C=O) groups is 1. The molecule has 0 radical (unpaired) electrons. The third kappa shape index (κ3) is 3.33. The minimum Gasteiger partial charge on any atom is -0.321 e. The largest absolute Gasteiger partial charge is 0.321 e. The first-order valence-electron chi connectivity index (χ1n) is 6.24. The van der Waals surface area contributed by atoms with Crippen LogP contribution < -0.4 is 5.32 Å². The Hall–Kier alpha value is -2.86. The van der Waals surface area contributed by atoms with E-state index in [1.54, 1.807) is 6.08 Å². The van der Waals surface area contributed by atoms with Gasteiger partial charge in [-0.15, -0.1) is 0 Å². The number of amides is 1. The van der Waals surface area contributed by atoms with E-state index >= 15 is 0 Å². The predicted molar refractivity (Wildman–Crippen MR) is 79.8 cm³/mol. The molecule has 2 rings (SSSR count). The molecule has 0 aliphatic rings. The van der Waals surface area contributed by atoms with Crippen molar-refractivity contribution >= 4 is 17.7 Å². The van der Waals surface area contributed by atoms with Gasteiger partial charge in [0.05, 0.1) is 0 Å². The fourth-order valence-corrected chi connectivity index (χ4v) is 1.77. The average Bonchev–Trinajstić information content (AvgIpc) is 2.48. The van der Waals surface area contributed by atoms with Gasteiger partial charge in [-0.1, -0.05) is 48.5 Å². The standard InChI is InChI=1S/C17H14N2O/c1-13-7-5-6-10-16(13)19-17(20)15(12-18)11-14-8-3-2-4-9-14/h2-11H,1H3,(H,19,20)/b15-11+. The number of nitrogens with zero attached hydrogens (tertiary/aromatic N) is 1. The number of anilines is 1. The lowest BCUT2D eigenvalue weighted by Crippen LogP contribution is -2.14. The van der Waals surface area contributed by atoms with Crippen LogP contribution in [0.2, 0.25) is 0 Å². The molecular weight excluding hydrogens is 248 g/mol. The Morgan fingerprint density at radius 1 is 1.10 bits per heavy atom. The lowest BCUT2D eigenvalue weighted by molar-refractivity contribution is -0.112. The molecular formula is C17H14N2O. The normalized spacial score (nSPS) is 10.7. The second kappa shape index (κ2) is 6.35. The molecule has 0 aliphatic carbocycles. The van der Waals surface area contributed by atoms with Crippen molar-refractivity contribution < 1.29 is 4.79 Å². The quantitative estimate of drug-likeness (QED) is 0.679. The molecule has 0 heterocycles. The maximum atomic E-state index is 12.1. The molecule has 0 saturated heterocycles. The number of para-hydroxylation sites is 1. The minimum absolute atomic E-state index is 0.0828. The van der Waals surface area contributed by atoms with Crippen LogP contribution in [-0.4, -0.2) is 5.91 Å². The van der Waals surface area contributed by atoms with Crippen LogP contribution in [0.15, 0.2) is 60.2 Å². The van der Waals surface area contributed by atoms with E-state index in [9.17, 15) is 4.79 Å². The van der Waals surface area contributed by atoms with E-state index < -0.39 is 5.91 Å². The number of hydrogen-bond acceptors (Lipinski definition) is 2. The number of hydrogen-bond donors (Lipinski definition) is 1. The third-order valence-corrected chi connectivity index (χ3v) is 2.87. The molecule has 0 fully saturated rings. The molecule has 3 nitrogen and oxygen atoms in total. The van der Waals surface area contributed by atoms with Crippen molar-refractivity contribution in [2.75, 3.05) is 5.32 Å². The first-order valence-corrected chi connectivity index (χ1v) is 6.24. The second-order valence-electron chi connectivity index (χ2n) is 4.35. The molecule has 0 saturated carbocycles. The van der Waals surface area contributed by atoms with E-state index in [1.807, 2.05) is 67.6 Å². The van der Waals surface area contributed by atoms with E-state index in [4.69, 9.17) is 5.26 Å². The zero-order valence-electron chi connectivity index (χ0n) is 11.1. The van der Waals surface area contributed by atoms with Gasteiger partial charge in [-0.3, -0.25) is 4.79 Å². The summed E-state index contributed by atoms with van der Waals surface area (Å²) in [4.78, 5) is 12.1. The highest BCUT2D eigenvalue weighted by Gasteiger charge is 2.10. The van der Waals surface area contributed by atoms with Crippen molar-refractivity contribution in [3.8, 4) is 6.07 Å². The van der Waals surface area contributed by atoms with Crippen LogP contribution in [0.5, 0.6) is 0 Å². The number of nitrogens with one attached hydrogen (secondary N) is 1. The van der Waals surface area contributed by atoms with E-state index in [-0.39, 0.29) is 5.57 Å². The van der Waals surface area contributed by atoms with Crippen molar-refractivity contribution in [3.05, 3.63) is 71.3 Å². The van der Waals surface area contributed by atoms with Gasteiger partial charge >= 0.3 is 0 Å². The Morgan fingerprint density at radius 2 is 1.75 bits per heavy atom. The molecule has 1 N–H and O–H groups in total. The van der Waals surface area contributed by atoms with Crippen LogP contribution in [0.25, 0.3) is 6.08 Å². The van der Waals surface area contributed by atoms with Crippen molar-refractivity contribution in [2.24, 2.45) is 0 Å². The van der Waals surface area contributed by atoms with Crippen molar-refractivity contribution in [3.63, 3.8) is 0 Å². The van der Waals surface area contributed by atoms with E-state index in [0.29, 0.717) is 5.69 Å². The Labute approximate surface area is 118 Å². The molecule has 20 heavy (non-hydrogen) atoms. The number of rotatable bonds is 3. The van der Waals surface area contributed by atoms with Gasteiger partial charge in [0.25, 0.3) is 5.91 Å². The topological polar surface area (TPSA) is 52.9 Å². The van der Waals surface area contributed by atoms with Gasteiger partial charge in [-0.25, -0.2) is 0 Å². The molecule has 0 aliphatic heterocycles. The summed E-state index contributed by atoms with van der Waals surface area (Å²) in [6.07, 6.45) is 1.58. The Balaban J connectivity index is 2.21. The molecule has 0 unspecified atom stereocenters. The maximum absolute atomic E-state index is 12.1. The molecule has 0 bridgehead atoms. The first kappa shape index (κ1) is 13.6. The average molecular weight is 262 g/mol. The molecule has 3 heteroatoms. The van der Waals surface area contributed by atoms with Crippen LogP contribution in [0.4, 0.5) is 5.69 Å². The third-order valence-electron chi connectivity index (χ3n) is 2.87. The maximum Gasteiger partial charge on any atom is 0.266 e. The fraction of sp³-hybridized carbons (Fsp3) is 0.0588. The highest BCUT2D eigenvalue weighted by atomic mass is 16.1. The summed E-state index contributed by atoms with van der Waals surface area (Å²) in [7, 11) is 0. The first-order chi connectivity index (χ1) is 9.70. The molecule has 2 aromatic carbocycles. The van der Waals surface area contributed by atoms with Crippen molar-refractivity contribution in [1.82, 2.24) is 0 Å². The van der Waals surface area contributed by atoms with E-state index in [0.717, 1.165) is 11.1 Å². The van der Waals surface area contributed by atoms with Gasteiger partial charge in [0.15, 0.2) is 0 Å². The van der Waals surface area contributed by atoms with Gasteiger partial charge in [-0.05, 0) is 30.2 Å². The Bertz CT molecular complexity index is 682. The number of nitriles is 1. The van der Waals surface area contributed by atoms with Crippen LogP contribution in [-0.2, 0) is 4.79 Å². The smallest absolute Gasteiger partial charge is 0.266 e. The number of benzene rings is 2. The van der Waals surface area contributed by atoms with E-state index in [1.165, 1.54) is 0 Å². The Kier molecular flexibility index (Phi) is 4.31. The summed E-state index contributed by atoms with van der Waals surface area (Å²) in [5, 5.41) is 11.9. The highest BCUT2D eigenvalue weighted by Crippen LogP contribution is 2.15. The predicted octanol–water partition coefficient (Wildman–Crippen LogP) is 3.54. The van der Waals surface area contributed by atoms with Gasteiger partial charge in [0, 0.05) is 5.69 Å². The van der Waals surface area contributed by atoms with Gasteiger partial charge in [0.2, 0.25) is 0 Å². The lowest BCUT2D eigenvalue weighted by atomic mass is 10.1. The molecule has 0 atom stereocenters. The summed E-state index contributed by atoms with van der Waals surface area (Å²) in [6.45, 7) is 1.91. The van der Waals surface area contributed by atoms with Crippen molar-refractivity contribution in [2.45, 2.75) is 6.92 Å². The summed E-state index contributed by atoms with van der Waals surface area (Å²) in [5.41, 5.74) is 2.58. The molecule has 0 spiro atoms. The molecule has 98 valence electrons. The lowest BCUT2D eigenvalue weighted by Gasteiger charge is -2.07. The molecule has 2 aromatic rings. The fourth-order valence-electron chi connectivity index (χ4n) is 1.77. The summed E-state index contributed by atoms with van der Waals surface area (Å²) < 4.78 is 0.